The monoisotopic (exact) mass is 209 g/mol. The zero-order chi connectivity index (χ0) is 10.1. The summed E-state index contributed by atoms with van der Waals surface area (Å²) < 4.78 is 9.90. The Morgan fingerprint density at radius 3 is 2.79 bits per heavy atom. The van der Waals surface area contributed by atoms with Crippen LogP contribution in [0.4, 0.5) is 5.69 Å². The van der Waals surface area contributed by atoms with Gasteiger partial charge in [0.25, 0.3) is 0 Å². The highest BCUT2D eigenvalue weighted by Crippen LogP contribution is 2.15. The second-order valence-corrected chi connectivity index (χ2v) is 3.70. The Kier molecular flexibility index (Phi) is 2.20. The van der Waals surface area contributed by atoms with Gasteiger partial charge < -0.3 is 5.73 Å². The van der Waals surface area contributed by atoms with Crippen LogP contribution in [0, 0.1) is 13.8 Å². The zero-order valence-corrected chi connectivity index (χ0v) is 8.88. The van der Waals surface area contributed by atoms with Crippen molar-refractivity contribution < 1.29 is 0 Å². The van der Waals surface area contributed by atoms with Gasteiger partial charge in [-0.05, 0) is 13.8 Å². The fourth-order valence-corrected chi connectivity index (χ4v) is 1.70. The second kappa shape index (κ2) is 3.38. The fourth-order valence-electron chi connectivity index (χ4n) is 1.27. The zero-order valence-electron chi connectivity index (χ0n) is 8.06. The largest absolute Gasteiger partial charge is 0.396 e. The number of hydrogen-bond acceptors (Lipinski definition) is 5. The Hall–Kier alpha value is -1.43. The number of nitrogens with two attached hydrogens (primary N) is 1. The number of nitrogens with zero attached hydrogens (tertiary/aromatic N) is 4. The van der Waals surface area contributed by atoms with Crippen molar-refractivity contribution in [3.63, 3.8) is 0 Å². The summed E-state index contributed by atoms with van der Waals surface area (Å²) in [4.78, 5) is 0. The van der Waals surface area contributed by atoms with Gasteiger partial charge in [-0.1, -0.05) is 0 Å². The molecule has 0 aliphatic rings. The van der Waals surface area contributed by atoms with E-state index in [-0.39, 0.29) is 0 Å². The molecule has 0 unspecified atom stereocenters. The number of anilines is 1. The first-order valence-corrected chi connectivity index (χ1v) is 4.97. The molecule has 14 heavy (non-hydrogen) atoms. The van der Waals surface area contributed by atoms with Crippen LogP contribution in [0.25, 0.3) is 0 Å². The van der Waals surface area contributed by atoms with Crippen molar-refractivity contribution in [1.82, 2.24) is 18.5 Å². The van der Waals surface area contributed by atoms with Crippen LogP contribution >= 0.6 is 11.7 Å². The number of hydrogen-bond donors (Lipinski definition) is 1. The van der Waals surface area contributed by atoms with Crippen molar-refractivity contribution in [2.75, 3.05) is 5.73 Å². The van der Waals surface area contributed by atoms with Gasteiger partial charge in [-0.3, -0.25) is 4.68 Å². The molecule has 0 bridgehead atoms. The Labute approximate surface area is 85.9 Å². The molecule has 5 nitrogen and oxygen atoms in total. The van der Waals surface area contributed by atoms with Crippen molar-refractivity contribution in [3.05, 3.63) is 23.3 Å². The van der Waals surface area contributed by atoms with Crippen LogP contribution in [-0.4, -0.2) is 18.5 Å². The standard InChI is InChI=1S/C8H11N5S/c1-5-8(9)6(2)13(11-5)4-7-3-10-14-12-7/h3H,4,9H2,1-2H3. The van der Waals surface area contributed by atoms with Gasteiger partial charge in [-0.15, -0.1) is 0 Å². The van der Waals surface area contributed by atoms with E-state index in [2.05, 4.69) is 13.8 Å². The first kappa shape index (κ1) is 9.14. The van der Waals surface area contributed by atoms with Gasteiger partial charge in [-0.25, -0.2) is 0 Å². The van der Waals surface area contributed by atoms with E-state index < -0.39 is 0 Å². The topological polar surface area (TPSA) is 69.6 Å². The summed E-state index contributed by atoms with van der Waals surface area (Å²) in [6.07, 6.45) is 1.75. The molecule has 2 N–H and O–H groups in total. The molecule has 2 heterocycles. The number of aromatic nitrogens is 4. The van der Waals surface area contributed by atoms with Crippen LogP contribution in [-0.2, 0) is 6.54 Å². The highest BCUT2D eigenvalue weighted by Gasteiger charge is 2.08. The van der Waals surface area contributed by atoms with Gasteiger partial charge in [0.2, 0.25) is 0 Å². The Balaban J connectivity index is 2.30. The molecular formula is C8H11N5S. The van der Waals surface area contributed by atoms with Crippen molar-refractivity contribution in [2.24, 2.45) is 0 Å². The molecule has 6 heteroatoms. The minimum absolute atomic E-state index is 0.639. The molecule has 0 atom stereocenters. The summed E-state index contributed by atoms with van der Waals surface area (Å²) >= 11 is 1.20. The molecule has 2 aromatic rings. The van der Waals surface area contributed by atoms with E-state index in [1.54, 1.807) is 6.20 Å². The SMILES string of the molecule is Cc1nn(Cc2cnsn2)c(C)c1N. The van der Waals surface area contributed by atoms with E-state index in [0.717, 1.165) is 22.8 Å². The van der Waals surface area contributed by atoms with E-state index in [9.17, 15) is 0 Å². The molecule has 0 radical (unpaired) electrons. The molecule has 0 aliphatic heterocycles. The van der Waals surface area contributed by atoms with E-state index in [1.165, 1.54) is 11.7 Å². The lowest BCUT2D eigenvalue weighted by molar-refractivity contribution is 0.651. The third-order valence-electron chi connectivity index (χ3n) is 2.16. The van der Waals surface area contributed by atoms with Crippen molar-refractivity contribution in [3.8, 4) is 0 Å². The van der Waals surface area contributed by atoms with Gasteiger partial charge in [0, 0.05) is 0 Å². The first-order valence-electron chi connectivity index (χ1n) is 4.24. The minimum atomic E-state index is 0.639. The Morgan fingerprint density at radius 1 is 1.50 bits per heavy atom. The predicted octanol–water partition coefficient (Wildman–Crippen LogP) is 0.982. The average molecular weight is 209 g/mol. The molecule has 2 rings (SSSR count). The number of aryl methyl sites for hydroxylation is 1. The van der Waals surface area contributed by atoms with E-state index >= 15 is 0 Å². The molecule has 2 aromatic heterocycles. The maximum atomic E-state index is 5.81. The molecule has 0 saturated carbocycles. The van der Waals surface area contributed by atoms with Gasteiger partial charge in [-0.2, -0.15) is 13.8 Å². The van der Waals surface area contributed by atoms with Crippen LogP contribution in [0.15, 0.2) is 6.20 Å². The molecular weight excluding hydrogens is 198 g/mol. The van der Waals surface area contributed by atoms with Gasteiger partial charge in [0.05, 0.1) is 47.2 Å². The fraction of sp³-hybridized carbons (Fsp3) is 0.375. The smallest absolute Gasteiger partial charge is 0.0957 e. The van der Waals surface area contributed by atoms with Gasteiger partial charge >= 0.3 is 0 Å². The van der Waals surface area contributed by atoms with E-state index in [0.29, 0.717) is 6.54 Å². The van der Waals surface area contributed by atoms with Crippen molar-refractivity contribution in [1.29, 1.82) is 0 Å². The summed E-state index contributed by atoms with van der Waals surface area (Å²) in [5, 5.41) is 4.31. The summed E-state index contributed by atoms with van der Waals surface area (Å²) in [5.41, 5.74) is 9.34. The highest BCUT2D eigenvalue weighted by atomic mass is 32.1. The predicted molar refractivity (Wildman–Crippen MR) is 55.1 cm³/mol. The molecule has 0 spiro atoms. The second-order valence-electron chi connectivity index (χ2n) is 3.14. The van der Waals surface area contributed by atoms with Crippen LogP contribution in [0.2, 0.25) is 0 Å². The van der Waals surface area contributed by atoms with Crippen molar-refractivity contribution in [2.45, 2.75) is 20.4 Å². The maximum Gasteiger partial charge on any atom is 0.0957 e. The van der Waals surface area contributed by atoms with Gasteiger partial charge in [0.15, 0.2) is 0 Å². The van der Waals surface area contributed by atoms with Crippen LogP contribution in [0.3, 0.4) is 0 Å². The highest BCUT2D eigenvalue weighted by molar-refractivity contribution is 6.99. The summed E-state index contributed by atoms with van der Waals surface area (Å²) in [6, 6.07) is 0. The summed E-state index contributed by atoms with van der Waals surface area (Å²) in [6.45, 7) is 4.49. The third-order valence-corrected chi connectivity index (χ3v) is 2.67. The molecule has 0 aliphatic carbocycles. The normalized spacial score (nSPS) is 10.7. The van der Waals surface area contributed by atoms with E-state index in [1.807, 2.05) is 18.5 Å². The van der Waals surface area contributed by atoms with Crippen molar-refractivity contribution >= 4 is 17.4 Å². The number of nitrogen functional groups attached to an aromatic ring is 1. The summed E-state index contributed by atoms with van der Waals surface area (Å²) in [5.74, 6) is 0. The van der Waals surface area contributed by atoms with E-state index in [4.69, 9.17) is 5.73 Å². The molecule has 0 amide bonds. The molecule has 0 aromatic carbocycles. The maximum absolute atomic E-state index is 5.81. The lowest BCUT2D eigenvalue weighted by atomic mass is 10.3. The Bertz CT molecular complexity index is 431. The van der Waals surface area contributed by atoms with Crippen LogP contribution < -0.4 is 5.73 Å². The Morgan fingerprint density at radius 2 is 2.29 bits per heavy atom. The lowest BCUT2D eigenvalue weighted by Crippen LogP contribution is -2.04. The quantitative estimate of drug-likeness (QED) is 0.800. The van der Waals surface area contributed by atoms with Crippen LogP contribution in [0.1, 0.15) is 17.1 Å². The molecule has 0 saturated heterocycles. The lowest BCUT2D eigenvalue weighted by Gasteiger charge is -2.00. The van der Waals surface area contributed by atoms with Crippen LogP contribution in [0.5, 0.6) is 0 Å². The third kappa shape index (κ3) is 1.48. The summed E-state index contributed by atoms with van der Waals surface area (Å²) in [7, 11) is 0. The minimum Gasteiger partial charge on any atom is -0.396 e. The average Bonchev–Trinajstić information content (AvgIpc) is 2.73. The first-order chi connectivity index (χ1) is 6.68. The molecule has 74 valence electrons. The molecule has 0 fully saturated rings. The number of rotatable bonds is 2. The van der Waals surface area contributed by atoms with Gasteiger partial charge in [0.1, 0.15) is 0 Å².